The molecular weight excluding hydrogens is 248 g/mol. The normalized spacial score (nSPS) is 11.8. The fourth-order valence-corrected chi connectivity index (χ4v) is 1.95. The lowest BCUT2D eigenvalue weighted by Gasteiger charge is -2.24. The lowest BCUT2D eigenvalue weighted by Crippen LogP contribution is -2.26. The van der Waals surface area contributed by atoms with E-state index in [0.717, 1.165) is 37.0 Å². The van der Waals surface area contributed by atoms with Gasteiger partial charge >= 0.3 is 0 Å². The number of hydrogen-bond acceptors (Lipinski definition) is 4. The van der Waals surface area contributed by atoms with E-state index in [-0.39, 0.29) is 5.41 Å². The second-order valence-corrected chi connectivity index (χ2v) is 6.89. The highest BCUT2D eigenvalue weighted by Crippen LogP contribution is 2.24. The van der Waals surface area contributed by atoms with Gasteiger partial charge in [-0.05, 0) is 12.3 Å². The molecule has 0 aromatic carbocycles. The average Bonchev–Trinajstić information content (AvgIpc) is 2.34. The molecule has 114 valence electrons. The van der Waals surface area contributed by atoms with Crippen molar-refractivity contribution in [1.29, 1.82) is 0 Å². The highest BCUT2D eigenvalue weighted by atomic mass is 15.2. The first-order valence-electron chi connectivity index (χ1n) is 7.58. The van der Waals surface area contributed by atoms with Crippen LogP contribution < -0.4 is 10.2 Å². The molecule has 20 heavy (non-hydrogen) atoms. The lowest BCUT2D eigenvalue weighted by atomic mass is 9.96. The van der Waals surface area contributed by atoms with E-state index in [1.165, 1.54) is 0 Å². The van der Waals surface area contributed by atoms with Gasteiger partial charge in [-0.25, -0.2) is 9.97 Å². The predicted octanol–water partition coefficient (Wildman–Crippen LogP) is 3.69. The van der Waals surface area contributed by atoms with Crippen molar-refractivity contribution in [1.82, 2.24) is 9.97 Å². The molecule has 1 aromatic rings. The summed E-state index contributed by atoms with van der Waals surface area (Å²) in [5.74, 6) is 3.43. The predicted molar refractivity (Wildman–Crippen MR) is 87.6 cm³/mol. The molecule has 0 saturated heterocycles. The summed E-state index contributed by atoms with van der Waals surface area (Å²) in [6, 6.07) is 2.05. The molecule has 1 rings (SSSR count). The molecule has 0 radical (unpaired) electrons. The summed E-state index contributed by atoms with van der Waals surface area (Å²) < 4.78 is 0. The Balaban J connectivity index is 3.09. The minimum absolute atomic E-state index is 0.0443. The first-order valence-corrected chi connectivity index (χ1v) is 7.58. The molecule has 1 N–H and O–H groups in total. The van der Waals surface area contributed by atoms with Crippen LogP contribution in [0.25, 0.3) is 0 Å². The first kappa shape index (κ1) is 16.7. The van der Waals surface area contributed by atoms with Gasteiger partial charge in [-0.2, -0.15) is 0 Å². The zero-order valence-electron chi connectivity index (χ0n) is 14.1. The third kappa shape index (κ3) is 4.99. The first-order chi connectivity index (χ1) is 9.24. The van der Waals surface area contributed by atoms with Crippen molar-refractivity contribution in [2.75, 3.05) is 30.4 Å². The fraction of sp³-hybridized carbons (Fsp3) is 0.750. The van der Waals surface area contributed by atoms with E-state index in [9.17, 15) is 0 Å². The topological polar surface area (TPSA) is 41.0 Å². The average molecular weight is 278 g/mol. The maximum atomic E-state index is 4.74. The van der Waals surface area contributed by atoms with Gasteiger partial charge in [0, 0.05) is 31.6 Å². The maximum Gasteiger partial charge on any atom is 0.138 e. The van der Waals surface area contributed by atoms with E-state index in [2.05, 4.69) is 63.8 Å². The van der Waals surface area contributed by atoms with Crippen LogP contribution in [0, 0.1) is 5.92 Å². The van der Waals surface area contributed by atoms with E-state index >= 15 is 0 Å². The van der Waals surface area contributed by atoms with Gasteiger partial charge in [0.25, 0.3) is 0 Å². The van der Waals surface area contributed by atoms with Crippen LogP contribution in [0.3, 0.4) is 0 Å². The van der Waals surface area contributed by atoms with Gasteiger partial charge in [-0.1, -0.05) is 41.5 Å². The van der Waals surface area contributed by atoms with Crippen molar-refractivity contribution in [3.05, 3.63) is 11.9 Å². The Morgan fingerprint density at radius 1 is 1.25 bits per heavy atom. The molecule has 0 bridgehead atoms. The summed E-state index contributed by atoms with van der Waals surface area (Å²) in [5.41, 5.74) is -0.0443. The van der Waals surface area contributed by atoms with Gasteiger partial charge in [0.15, 0.2) is 0 Å². The fourth-order valence-electron chi connectivity index (χ4n) is 1.95. The van der Waals surface area contributed by atoms with Gasteiger partial charge in [-0.15, -0.1) is 0 Å². The highest BCUT2D eigenvalue weighted by Gasteiger charge is 2.20. The van der Waals surface area contributed by atoms with Crippen molar-refractivity contribution < 1.29 is 0 Å². The third-order valence-electron chi connectivity index (χ3n) is 2.97. The minimum Gasteiger partial charge on any atom is -0.370 e. The zero-order chi connectivity index (χ0) is 15.3. The Kier molecular flexibility index (Phi) is 5.78. The van der Waals surface area contributed by atoms with E-state index < -0.39 is 0 Å². The van der Waals surface area contributed by atoms with Gasteiger partial charge in [0.05, 0.1) is 0 Å². The Morgan fingerprint density at radius 3 is 2.40 bits per heavy atom. The van der Waals surface area contributed by atoms with Crippen LogP contribution >= 0.6 is 0 Å². The number of rotatable bonds is 6. The van der Waals surface area contributed by atoms with Crippen molar-refractivity contribution in [2.24, 2.45) is 5.92 Å². The van der Waals surface area contributed by atoms with E-state index in [1.807, 2.05) is 6.07 Å². The van der Waals surface area contributed by atoms with Crippen LogP contribution in [-0.2, 0) is 5.41 Å². The molecule has 1 heterocycles. The number of nitrogens with zero attached hydrogens (tertiary/aromatic N) is 3. The summed E-state index contributed by atoms with van der Waals surface area (Å²) in [4.78, 5) is 11.6. The van der Waals surface area contributed by atoms with Crippen molar-refractivity contribution in [2.45, 2.75) is 53.4 Å². The maximum absolute atomic E-state index is 4.74. The molecule has 0 aliphatic rings. The number of anilines is 2. The number of hydrogen-bond donors (Lipinski definition) is 1. The van der Waals surface area contributed by atoms with Crippen LogP contribution in [0.1, 0.15) is 53.8 Å². The van der Waals surface area contributed by atoms with Gasteiger partial charge in [0.2, 0.25) is 0 Å². The number of nitrogens with one attached hydrogen (secondary N) is 1. The highest BCUT2D eigenvalue weighted by molar-refractivity contribution is 5.49. The molecule has 0 aliphatic heterocycles. The Labute approximate surface area is 124 Å². The van der Waals surface area contributed by atoms with E-state index in [1.54, 1.807) is 0 Å². The summed E-state index contributed by atoms with van der Waals surface area (Å²) in [5, 5.41) is 3.38. The van der Waals surface area contributed by atoms with E-state index in [4.69, 9.17) is 4.98 Å². The molecule has 1 aromatic heterocycles. The standard InChI is InChI=1S/C16H30N4/c1-8-9-17-13-10-14(20(7)11-12(2)3)19-15(18-13)16(4,5)6/h10,12H,8-9,11H2,1-7H3,(H,17,18,19). The second kappa shape index (κ2) is 6.91. The molecule has 0 unspecified atom stereocenters. The summed E-state index contributed by atoms with van der Waals surface area (Å²) in [7, 11) is 2.10. The Hall–Kier alpha value is -1.32. The quantitative estimate of drug-likeness (QED) is 0.861. The smallest absolute Gasteiger partial charge is 0.138 e. The SMILES string of the molecule is CCCNc1cc(N(C)CC(C)C)nc(C(C)(C)C)n1. The zero-order valence-corrected chi connectivity index (χ0v) is 14.1. The van der Waals surface area contributed by atoms with Crippen LogP contribution in [0.15, 0.2) is 6.07 Å². The van der Waals surface area contributed by atoms with Crippen LogP contribution in [0.2, 0.25) is 0 Å². The van der Waals surface area contributed by atoms with Crippen LogP contribution in [-0.4, -0.2) is 30.1 Å². The van der Waals surface area contributed by atoms with Gasteiger partial charge in [-0.3, -0.25) is 0 Å². The molecule has 0 amide bonds. The molecule has 0 aliphatic carbocycles. The summed E-state index contributed by atoms with van der Waals surface area (Å²) in [6.07, 6.45) is 1.09. The Morgan fingerprint density at radius 2 is 1.90 bits per heavy atom. The van der Waals surface area contributed by atoms with E-state index in [0.29, 0.717) is 5.92 Å². The van der Waals surface area contributed by atoms with Gasteiger partial charge < -0.3 is 10.2 Å². The van der Waals surface area contributed by atoms with Crippen LogP contribution in [0.4, 0.5) is 11.6 Å². The minimum atomic E-state index is -0.0443. The number of aromatic nitrogens is 2. The Bertz CT molecular complexity index is 421. The monoisotopic (exact) mass is 278 g/mol. The van der Waals surface area contributed by atoms with Crippen molar-refractivity contribution in [3.63, 3.8) is 0 Å². The van der Waals surface area contributed by atoms with Crippen LogP contribution in [0.5, 0.6) is 0 Å². The largest absolute Gasteiger partial charge is 0.370 e. The molecule has 0 atom stereocenters. The lowest BCUT2D eigenvalue weighted by molar-refractivity contribution is 0.543. The molecule has 0 fully saturated rings. The summed E-state index contributed by atoms with van der Waals surface area (Å²) in [6.45, 7) is 15.0. The second-order valence-electron chi connectivity index (χ2n) is 6.89. The molecule has 0 saturated carbocycles. The molecule has 4 heteroatoms. The third-order valence-corrected chi connectivity index (χ3v) is 2.97. The van der Waals surface area contributed by atoms with Gasteiger partial charge in [0.1, 0.15) is 17.5 Å². The molecule has 4 nitrogen and oxygen atoms in total. The summed E-state index contributed by atoms with van der Waals surface area (Å²) >= 11 is 0. The van der Waals surface area contributed by atoms with Crippen molar-refractivity contribution >= 4 is 11.6 Å². The van der Waals surface area contributed by atoms with Crippen molar-refractivity contribution in [3.8, 4) is 0 Å². The molecule has 0 spiro atoms. The molecular formula is C16H30N4.